The molecule has 1 aromatic heterocycles. The van der Waals surface area contributed by atoms with Crippen molar-refractivity contribution < 1.29 is 17.9 Å². The van der Waals surface area contributed by atoms with E-state index < -0.39 is 12.2 Å². The number of pyridine rings is 1. The fraction of sp³-hybridized carbons (Fsp3) is 0.333. The van der Waals surface area contributed by atoms with Gasteiger partial charge in [0.2, 0.25) is 5.88 Å². The maximum atomic E-state index is 12.1. The molecule has 0 saturated heterocycles. The summed E-state index contributed by atoms with van der Waals surface area (Å²) in [5, 5.41) is 8.98. The smallest absolute Gasteiger partial charge is 0.387 e. The maximum Gasteiger partial charge on any atom is 0.574 e. The van der Waals surface area contributed by atoms with Crippen molar-refractivity contribution >= 4 is 38.5 Å². The van der Waals surface area contributed by atoms with Crippen LogP contribution in [-0.4, -0.2) is 11.3 Å². The molecule has 0 bridgehead atoms. The van der Waals surface area contributed by atoms with Crippen LogP contribution in [0.4, 0.5) is 13.2 Å². The Morgan fingerprint density at radius 2 is 2.18 bits per heavy atom. The second-order valence-electron chi connectivity index (χ2n) is 2.90. The zero-order valence-electron chi connectivity index (χ0n) is 8.18. The molecule has 8 heteroatoms. The SMILES string of the molecule is N#CCc1nc(OC(F)(F)F)c(I)cc1CBr. The number of ether oxygens (including phenoxy) is 1. The van der Waals surface area contributed by atoms with E-state index in [1.807, 2.05) is 6.07 Å². The summed E-state index contributed by atoms with van der Waals surface area (Å²) < 4.78 is 40.3. The molecule has 0 spiro atoms. The Bertz CT molecular complexity index is 459. The van der Waals surface area contributed by atoms with Crippen molar-refractivity contribution in [1.82, 2.24) is 4.98 Å². The molecule has 17 heavy (non-hydrogen) atoms. The Balaban J connectivity index is 3.16. The first-order valence-corrected chi connectivity index (χ1v) is 6.44. The second-order valence-corrected chi connectivity index (χ2v) is 4.62. The highest BCUT2D eigenvalue weighted by molar-refractivity contribution is 14.1. The number of nitriles is 1. The third kappa shape index (κ3) is 4.31. The minimum atomic E-state index is -4.78. The number of halogens is 5. The summed E-state index contributed by atoms with van der Waals surface area (Å²) in [4.78, 5) is 3.72. The summed E-state index contributed by atoms with van der Waals surface area (Å²) in [6, 6.07) is 3.36. The summed E-state index contributed by atoms with van der Waals surface area (Å²) in [6.07, 6.45) is -4.85. The first kappa shape index (κ1) is 14.5. The molecule has 1 aromatic rings. The van der Waals surface area contributed by atoms with Crippen LogP contribution < -0.4 is 4.74 Å². The van der Waals surface area contributed by atoms with Gasteiger partial charge >= 0.3 is 6.36 Å². The van der Waals surface area contributed by atoms with E-state index in [9.17, 15) is 13.2 Å². The van der Waals surface area contributed by atoms with Crippen LogP contribution >= 0.6 is 38.5 Å². The fourth-order valence-electron chi connectivity index (χ4n) is 1.07. The summed E-state index contributed by atoms with van der Waals surface area (Å²) in [7, 11) is 0. The molecule has 92 valence electrons. The predicted octanol–water partition coefficient (Wildman–Crippen LogP) is 3.55. The lowest BCUT2D eigenvalue weighted by atomic mass is 10.2. The van der Waals surface area contributed by atoms with Crippen LogP contribution in [0.1, 0.15) is 11.3 Å². The molecule has 0 fully saturated rings. The van der Waals surface area contributed by atoms with Gasteiger partial charge in [-0.3, -0.25) is 0 Å². The first-order chi connectivity index (χ1) is 7.87. The minimum absolute atomic E-state index is 0.0634. The van der Waals surface area contributed by atoms with E-state index in [4.69, 9.17) is 5.26 Å². The molecule has 3 nitrogen and oxygen atoms in total. The van der Waals surface area contributed by atoms with Crippen molar-refractivity contribution in [2.45, 2.75) is 18.1 Å². The third-order valence-corrected chi connectivity index (χ3v) is 3.09. The maximum absolute atomic E-state index is 12.1. The molecule has 0 radical (unpaired) electrons. The van der Waals surface area contributed by atoms with Crippen molar-refractivity contribution in [3.63, 3.8) is 0 Å². The van der Waals surface area contributed by atoms with Gasteiger partial charge in [-0.05, 0) is 34.2 Å². The third-order valence-electron chi connectivity index (χ3n) is 1.72. The van der Waals surface area contributed by atoms with E-state index in [0.29, 0.717) is 10.9 Å². The molecule has 0 unspecified atom stereocenters. The standard InChI is InChI=1S/C9H5BrF3IN2O/c10-4-5-3-6(14)8(17-9(11,12)13)16-7(5)1-2-15/h3H,1,4H2. The molecule has 0 aromatic carbocycles. The van der Waals surface area contributed by atoms with Gasteiger partial charge in [0.05, 0.1) is 21.8 Å². The van der Waals surface area contributed by atoms with Crippen LogP contribution in [0.2, 0.25) is 0 Å². The number of aromatic nitrogens is 1. The highest BCUT2D eigenvalue weighted by Crippen LogP contribution is 2.28. The lowest BCUT2D eigenvalue weighted by Crippen LogP contribution is -2.19. The normalized spacial score (nSPS) is 11.1. The Morgan fingerprint density at radius 1 is 1.53 bits per heavy atom. The van der Waals surface area contributed by atoms with Gasteiger partial charge in [0, 0.05) is 5.33 Å². The zero-order valence-corrected chi connectivity index (χ0v) is 11.9. The Labute approximate surface area is 117 Å². The molecular weight excluding hydrogens is 416 g/mol. The van der Waals surface area contributed by atoms with Crippen LogP contribution in [-0.2, 0) is 11.8 Å². The average Bonchev–Trinajstić information content (AvgIpc) is 2.21. The fourth-order valence-corrected chi connectivity index (χ4v) is 2.16. The van der Waals surface area contributed by atoms with Crippen molar-refractivity contribution in [1.29, 1.82) is 5.26 Å². The van der Waals surface area contributed by atoms with Gasteiger partial charge in [-0.1, -0.05) is 15.9 Å². The van der Waals surface area contributed by atoms with Crippen LogP contribution in [0.5, 0.6) is 5.88 Å². The number of hydrogen-bond donors (Lipinski definition) is 0. The number of hydrogen-bond acceptors (Lipinski definition) is 3. The van der Waals surface area contributed by atoms with Crippen LogP contribution in [0.15, 0.2) is 6.07 Å². The molecule has 0 amide bonds. The van der Waals surface area contributed by atoms with E-state index in [0.717, 1.165) is 0 Å². The summed E-state index contributed by atoms with van der Waals surface area (Å²) in [6.45, 7) is 0. The quantitative estimate of drug-likeness (QED) is 0.555. The lowest BCUT2D eigenvalue weighted by Gasteiger charge is -2.12. The van der Waals surface area contributed by atoms with Crippen molar-refractivity contribution in [2.24, 2.45) is 0 Å². The van der Waals surface area contributed by atoms with Crippen LogP contribution in [0.3, 0.4) is 0 Å². The minimum Gasteiger partial charge on any atom is -0.387 e. The molecule has 0 N–H and O–H groups in total. The van der Waals surface area contributed by atoms with Gasteiger partial charge in [0.1, 0.15) is 0 Å². The molecule has 0 aliphatic heterocycles. The highest BCUT2D eigenvalue weighted by atomic mass is 127. The van der Waals surface area contributed by atoms with Crippen molar-refractivity contribution in [3.05, 3.63) is 20.9 Å². The highest BCUT2D eigenvalue weighted by Gasteiger charge is 2.33. The first-order valence-electron chi connectivity index (χ1n) is 4.24. The largest absolute Gasteiger partial charge is 0.574 e. The van der Waals surface area contributed by atoms with E-state index in [2.05, 4.69) is 25.7 Å². The molecule has 0 atom stereocenters. The lowest BCUT2D eigenvalue weighted by molar-refractivity contribution is -0.276. The number of alkyl halides is 4. The molecular formula is C9H5BrF3IN2O. The summed E-state index contributed by atoms with van der Waals surface area (Å²) in [5.74, 6) is -0.520. The average molecular weight is 421 g/mol. The van der Waals surface area contributed by atoms with Gasteiger partial charge in [-0.25, -0.2) is 4.98 Å². The Morgan fingerprint density at radius 3 is 2.65 bits per heavy atom. The number of nitrogens with zero attached hydrogens (tertiary/aromatic N) is 2. The van der Waals surface area contributed by atoms with Crippen molar-refractivity contribution in [3.8, 4) is 11.9 Å². The van der Waals surface area contributed by atoms with E-state index >= 15 is 0 Å². The zero-order chi connectivity index (χ0) is 13.1. The Hall–Kier alpha value is -0.560. The predicted molar refractivity (Wildman–Crippen MR) is 65.6 cm³/mol. The molecule has 0 aliphatic rings. The van der Waals surface area contributed by atoms with Gasteiger partial charge in [0.25, 0.3) is 0 Å². The van der Waals surface area contributed by atoms with E-state index in [-0.39, 0.29) is 15.7 Å². The second kappa shape index (κ2) is 5.86. The van der Waals surface area contributed by atoms with E-state index in [1.165, 1.54) is 6.07 Å². The summed E-state index contributed by atoms with van der Waals surface area (Å²) in [5.41, 5.74) is 0.953. The topological polar surface area (TPSA) is 45.9 Å². The monoisotopic (exact) mass is 420 g/mol. The molecule has 1 rings (SSSR count). The van der Waals surface area contributed by atoms with Crippen LogP contribution in [0.25, 0.3) is 0 Å². The van der Waals surface area contributed by atoms with Gasteiger partial charge in [0.15, 0.2) is 0 Å². The number of rotatable bonds is 3. The van der Waals surface area contributed by atoms with Crippen molar-refractivity contribution in [2.75, 3.05) is 0 Å². The van der Waals surface area contributed by atoms with Gasteiger partial charge in [-0.15, -0.1) is 13.2 Å². The molecule has 0 saturated carbocycles. The Kier molecular flexibility index (Phi) is 5.00. The van der Waals surface area contributed by atoms with Crippen LogP contribution in [0, 0.1) is 14.9 Å². The van der Waals surface area contributed by atoms with E-state index in [1.54, 1.807) is 22.6 Å². The van der Waals surface area contributed by atoms with Gasteiger partial charge in [-0.2, -0.15) is 5.26 Å². The molecule has 1 heterocycles. The van der Waals surface area contributed by atoms with Gasteiger partial charge < -0.3 is 4.74 Å². The molecule has 0 aliphatic carbocycles. The summed E-state index contributed by atoms with van der Waals surface area (Å²) >= 11 is 4.89.